The second-order valence-electron chi connectivity index (χ2n) is 4.03. The first kappa shape index (κ1) is 30.0. The van der Waals surface area contributed by atoms with Crippen molar-refractivity contribution in [2.45, 2.75) is 41.5 Å². The summed E-state index contributed by atoms with van der Waals surface area (Å²) in [5, 5.41) is 39.9. The zero-order valence-electron chi connectivity index (χ0n) is 11.7. The smallest absolute Gasteiger partial charge is 0.450 e. The first-order valence-electron chi connectivity index (χ1n) is 4.97. The number of hydrogen-bond acceptors (Lipinski definition) is 4. The molecule has 0 aromatic rings. The van der Waals surface area contributed by atoms with Crippen LogP contribution in [0.25, 0.3) is 0 Å². The molecular weight excluding hydrogens is 248 g/mol. The maximum atomic E-state index is 8.56. The monoisotopic (exact) mass is 274 g/mol. The topological polar surface area (TPSA) is 156 Å². The first-order chi connectivity index (χ1) is 7.93. The van der Waals surface area contributed by atoms with E-state index in [0.29, 0.717) is 0 Å². The average molecular weight is 274 g/mol. The molecule has 0 saturated carbocycles. The van der Waals surface area contributed by atoms with Gasteiger partial charge in [0.2, 0.25) is 0 Å². The Morgan fingerprint density at radius 2 is 0.611 bits per heavy atom. The molecule has 6 N–H and O–H groups in total. The maximum absolute atomic E-state index is 8.56. The van der Waals surface area contributed by atoms with Gasteiger partial charge in [0, 0.05) is 0 Å². The van der Waals surface area contributed by atoms with Crippen molar-refractivity contribution >= 4 is 12.3 Å². The highest BCUT2D eigenvalue weighted by atomic mass is 17.0. The summed E-state index contributed by atoms with van der Waals surface area (Å²) in [6.07, 6.45) is -3.67. The SMILES string of the molecule is CC(C)C.CC(C)C.O=C(O)O.O=C(O)O.OO. The molecule has 0 atom stereocenters. The Morgan fingerprint density at radius 3 is 0.611 bits per heavy atom. The summed E-state index contributed by atoms with van der Waals surface area (Å²) in [6.45, 7) is 13.0. The normalized spacial score (nSPS) is 7.00. The number of carboxylic acid groups (broad SMARTS) is 4. The van der Waals surface area contributed by atoms with Crippen molar-refractivity contribution in [3.8, 4) is 0 Å². The van der Waals surface area contributed by atoms with E-state index in [9.17, 15) is 0 Å². The fourth-order valence-electron chi connectivity index (χ4n) is 0. The standard InChI is InChI=1S/2C4H10.2CH2O3.H2O2/c2*1-4(2)3;2*2-1(3)4;1-2/h2*4H,1-3H3;2*(H2,2,3,4);1-2H. The fraction of sp³-hybridized carbons (Fsp3) is 0.800. The van der Waals surface area contributed by atoms with Gasteiger partial charge in [-0.05, 0) is 11.8 Å². The Hall–Kier alpha value is -1.54. The van der Waals surface area contributed by atoms with E-state index in [-0.39, 0.29) is 0 Å². The lowest BCUT2D eigenvalue weighted by atomic mass is 10.3. The zero-order valence-corrected chi connectivity index (χ0v) is 11.7. The predicted molar refractivity (Wildman–Crippen MR) is 67.6 cm³/mol. The van der Waals surface area contributed by atoms with Crippen LogP contribution >= 0.6 is 0 Å². The van der Waals surface area contributed by atoms with Gasteiger partial charge in [0.25, 0.3) is 0 Å². The molecule has 8 nitrogen and oxygen atoms in total. The lowest BCUT2D eigenvalue weighted by molar-refractivity contribution is -0.176. The molecule has 0 aliphatic heterocycles. The van der Waals surface area contributed by atoms with Crippen molar-refractivity contribution in [3.05, 3.63) is 0 Å². The molecule has 8 heteroatoms. The summed E-state index contributed by atoms with van der Waals surface area (Å²) in [4.78, 5) is 17.1. The average Bonchev–Trinajstić information content (AvgIpc) is 2.01. The Morgan fingerprint density at radius 1 is 0.611 bits per heavy atom. The summed E-state index contributed by atoms with van der Waals surface area (Å²) >= 11 is 0. The molecule has 0 aromatic carbocycles. The third kappa shape index (κ3) is 1100. The van der Waals surface area contributed by atoms with E-state index in [1.165, 1.54) is 0 Å². The van der Waals surface area contributed by atoms with Crippen LogP contribution in [0.1, 0.15) is 41.5 Å². The van der Waals surface area contributed by atoms with Crippen LogP contribution in [-0.4, -0.2) is 43.3 Å². The molecule has 114 valence electrons. The summed E-state index contributed by atoms with van der Waals surface area (Å²) in [5.41, 5.74) is 0. The highest BCUT2D eigenvalue weighted by Gasteiger charge is 1.70. The minimum absolute atomic E-state index is 0.833. The minimum Gasteiger partial charge on any atom is -0.450 e. The molecule has 0 rings (SSSR count). The largest absolute Gasteiger partial charge is 0.503 e. The minimum atomic E-state index is -1.83. The highest BCUT2D eigenvalue weighted by Crippen LogP contribution is 1.81. The Labute approximate surface area is 107 Å². The van der Waals surface area contributed by atoms with Gasteiger partial charge in [-0.1, -0.05) is 41.5 Å². The molecule has 18 heavy (non-hydrogen) atoms. The lowest BCUT2D eigenvalue weighted by Crippen LogP contribution is -1.81. The highest BCUT2D eigenvalue weighted by molar-refractivity contribution is 5.53. The Kier molecular flexibility index (Phi) is 49.2. The van der Waals surface area contributed by atoms with E-state index in [2.05, 4.69) is 41.5 Å². The summed E-state index contributed by atoms with van der Waals surface area (Å²) < 4.78 is 0. The maximum Gasteiger partial charge on any atom is 0.503 e. The van der Waals surface area contributed by atoms with E-state index in [4.69, 9.17) is 40.5 Å². The number of carbonyl (C=O) groups is 2. The molecule has 0 fully saturated rings. The van der Waals surface area contributed by atoms with Crippen LogP contribution < -0.4 is 0 Å². The van der Waals surface area contributed by atoms with Crippen molar-refractivity contribution in [2.75, 3.05) is 0 Å². The summed E-state index contributed by atoms with van der Waals surface area (Å²) in [5.74, 6) is 1.67. The second-order valence-corrected chi connectivity index (χ2v) is 4.03. The van der Waals surface area contributed by atoms with Crippen molar-refractivity contribution < 1.29 is 40.5 Å². The molecule has 0 radical (unpaired) electrons. The number of rotatable bonds is 0. The van der Waals surface area contributed by atoms with Gasteiger partial charge in [-0.25, -0.2) is 9.59 Å². The predicted octanol–water partition coefficient (Wildman–Crippen LogP) is 3.79. The second kappa shape index (κ2) is 29.5. The van der Waals surface area contributed by atoms with Gasteiger partial charge in [-0.2, -0.15) is 0 Å². The molecule has 0 bridgehead atoms. The Bertz CT molecular complexity index is 124. The molecular formula is C10H26O8. The Balaban J connectivity index is -0.0000000399. The van der Waals surface area contributed by atoms with Crippen molar-refractivity contribution in [1.82, 2.24) is 0 Å². The van der Waals surface area contributed by atoms with Crippen molar-refractivity contribution in [1.29, 1.82) is 0 Å². The number of hydrogen-bond donors (Lipinski definition) is 6. The summed E-state index contributed by atoms with van der Waals surface area (Å²) in [6, 6.07) is 0. The van der Waals surface area contributed by atoms with E-state index in [1.54, 1.807) is 0 Å². The van der Waals surface area contributed by atoms with Crippen LogP contribution in [0.5, 0.6) is 0 Å². The van der Waals surface area contributed by atoms with E-state index < -0.39 is 12.3 Å². The molecule has 0 aliphatic rings. The third-order valence-electron chi connectivity index (χ3n) is 0. The van der Waals surface area contributed by atoms with E-state index in [0.717, 1.165) is 11.8 Å². The molecule has 0 heterocycles. The molecule has 0 aromatic heterocycles. The van der Waals surface area contributed by atoms with Gasteiger partial charge in [-0.3, -0.25) is 10.5 Å². The van der Waals surface area contributed by atoms with Crippen LogP contribution in [0, 0.1) is 11.8 Å². The molecule has 0 saturated heterocycles. The lowest BCUT2D eigenvalue weighted by Gasteiger charge is -1.79. The van der Waals surface area contributed by atoms with E-state index in [1.807, 2.05) is 0 Å². The molecule has 0 amide bonds. The molecule has 0 aliphatic carbocycles. The van der Waals surface area contributed by atoms with Crippen LogP contribution in [0.3, 0.4) is 0 Å². The van der Waals surface area contributed by atoms with Gasteiger partial charge in [0.05, 0.1) is 0 Å². The van der Waals surface area contributed by atoms with Crippen LogP contribution in [0.15, 0.2) is 0 Å². The van der Waals surface area contributed by atoms with Gasteiger partial charge in [0.15, 0.2) is 0 Å². The van der Waals surface area contributed by atoms with E-state index >= 15 is 0 Å². The van der Waals surface area contributed by atoms with Gasteiger partial charge >= 0.3 is 12.3 Å². The zero-order chi connectivity index (χ0) is 16.3. The van der Waals surface area contributed by atoms with Crippen LogP contribution in [0.4, 0.5) is 9.59 Å². The third-order valence-corrected chi connectivity index (χ3v) is 0. The van der Waals surface area contributed by atoms with Crippen LogP contribution in [-0.2, 0) is 0 Å². The van der Waals surface area contributed by atoms with Gasteiger partial charge in [0.1, 0.15) is 0 Å². The summed E-state index contributed by atoms with van der Waals surface area (Å²) in [7, 11) is 0. The van der Waals surface area contributed by atoms with Crippen molar-refractivity contribution in [2.24, 2.45) is 11.8 Å². The first-order valence-corrected chi connectivity index (χ1v) is 4.97. The quantitative estimate of drug-likeness (QED) is 0.288. The molecule has 0 unspecified atom stereocenters. The van der Waals surface area contributed by atoms with Gasteiger partial charge < -0.3 is 20.4 Å². The molecule has 0 spiro atoms. The fourth-order valence-corrected chi connectivity index (χ4v) is 0. The van der Waals surface area contributed by atoms with Crippen LogP contribution in [0.2, 0.25) is 0 Å². The van der Waals surface area contributed by atoms with Crippen molar-refractivity contribution in [3.63, 3.8) is 0 Å². The van der Waals surface area contributed by atoms with Gasteiger partial charge in [-0.15, -0.1) is 0 Å².